The van der Waals surface area contributed by atoms with Crippen molar-refractivity contribution in [2.45, 2.75) is 75.8 Å². The molecule has 0 radical (unpaired) electrons. The molecule has 3 aromatic rings. The van der Waals surface area contributed by atoms with Gasteiger partial charge in [-0.25, -0.2) is 4.79 Å². The van der Waals surface area contributed by atoms with Crippen LogP contribution in [0.3, 0.4) is 0 Å². The summed E-state index contributed by atoms with van der Waals surface area (Å²) in [6.07, 6.45) is -1.70. The monoisotopic (exact) mass is 618 g/mol. The standard InChI is InChI=1S/C36H46N2O7/c1-36(2,3)45-35(42)37-30(21-24-11-7-6-8-12-24)31(39)23-29(25-15-17-27(18-16-25)44-20-19-43-5)34(41)38(4)33-28-14-10-9-13-26(28)22-32(33)40/h6-18,29-33,39-40H,19-23H2,1-5H3,(H,37,42)/t29-,30+,31+,32-,33+/m1/s1. The van der Waals surface area contributed by atoms with Crippen LogP contribution >= 0.6 is 0 Å². The Balaban J connectivity index is 1.63. The number of hydrogen-bond donors (Lipinski definition) is 3. The SMILES string of the molecule is COCCOc1ccc([C@@H](C[C@H](O)[C@H](Cc2ccccc2)NC(=O)OC(C)(C)C)C(=O)N(C)[C@H]2c3ccccc3C[C@H]2O)cc1. The van der Waals surface area contributed by atoms with Gasteiger partial charge < -0.3 is 34.6 Å². The number of methoxy groups -OCH3 is 1. The van der Waals surface area contributed by atoms with Crippen LogP contribution in [0.1, 0.15) is 61.4 Å². The largest absolute Gasteiger partial charge is 0.491 e. The van der Waals surface area contributed by atoms with Crippen LogP contribution in [-0.4, -0.2) is 78.3 Å². The number of likely N-dealkylation sites (N-methyl/N-ethyl adjacent to an activating group) is 1. The van der Waals surface area contributed by atoms with Crippen molar-refractivity contribution >= 4 is 12.0 Å². The molecule has 0 heterocycles. The quantitative estimate of drug-likeness (QED) is 0.236. The van der Waals surface area contributed by atoms with E-state index in [0.717, 1.165) is 16.7 Å². The van der Waals surface area contributed by atoms with Crippen LogP contribution in [0.5, 0.6) is 5.75 Å². The zero-order valence-electron chi connectivity index (χ0n) is 26.8. The van der Waals surface area contributed by atoms with E-state index in [9.17, 15) is 19.8 Å². The highest BCUT2D eigenvalue weighted by atomic mass is 16.6. The fraction of sp³-hybridized carbons (Fsp3) is 0.444. The molecule has 9 nitrogen and oxygen atoms in total. The zero-order valence-corrected chi connectivity index (χ0v) is 26.8. The number of carbonyl (C=O) groups is 2. The number of fused-ring (bicyclic) bond motifs is 1. The number of nitrogens with one attached hydrogen (secondary N) is 1. The molecule has 0 aromatic heterocycles. The molecule has 1 aliphatic carbocycles. The van der Waals surface area contributed by atoms with Gasteiger partial charge in [0.25, 0.3) is 0 Å². The summed E-state index contributed by atoms with van der Waals surface area (Å²) >= 11 is 0. The second-order valence-electron chi connectivity index (χ2n) is 12.6. The van der Waals surface area contributed by atoms with E-state index in [-0.39, 0.29) is 12.3 Å². The molecule has 2 amide bonds. The van der Waals surface area contributed by atoms with Crippen LogP contribution in [-0.2, 0) is 27.1 Å². The minimum atomic E-state index is -1.11. The van der Waals surface area contributed by atoms with Gasteiger partial charge in [-0.1, -0.05) is 66.7 Å². The topological polar surface area (TPSA) is 118 Å². The van der Waals surface area contributed by atoms with Crippen LogP contribution in [0, 0.1) is 0 Å². The van der Waals surface area contributed by atoms with Crippen molar-refractivity contribution < 1.29 is 34.0 Å². The highest BCUT2D eigenvalue weighted by Gasteiger charge is 2.39. The highest BCUT2D eigenvalue weighted by molar-refractivity contribution is 5.84. The number of amides is 2. The number of benzene rings is 3. The van der Waals surface area contributed by atoms with Gasteiger partial charge >= 0.3 is 6.09 Å². The molecule has 0 saturated heterocycles. The Kier molecular flexibility index (Phi) is 11.6. The minimum Gasteiger partial charge on any atom is -0.491 e. The number of hydrogen-bond acceptors (Lipinski definition) is 7. The van der Waals surface area contributed by atoms with Gasteiger partial charge in [-0.15, -0.1) is 0 Å². The Labute approximate surface area is 266 Å². The van der Waals surface area contributed by atoms with Gasteiger partial charge in [-0.3, -0.25) is 4.79 Å². The summed E-state index contributed by atoms with van der Waals surface area (Å²) in [4.78, 5) is 28.8. The molecule has 9 heteroatoms. The maximum atomic E-state index is 14.4. The summed E-state index contributed by atoms with van der Waals surface area (Å²) in [5.41, 5.74) is 2.80. The van der Waals surface area contributed by atoms with Gasteiger partial charge in [0.05, 0.1) is 36.8 Å². The molecular weight excluding hydrogens is 572 g/mol. The van der Waals surface area contributed by atoms with Gasteiger partial charge in [0.1, 0.15) is 18.0 Å². The molecule has 0 spiro atoms. The Morgan fingerprint density at radius 1 is 0.978 bits per heavy atom. The third kappa shape index (κ3) is 9.29. The van der Waals surface area contributed by atoms with Gasteiger partial charge in [-0.2, -0.15) is 0 Å². The number of aliphatic hydroxyl groups is 2. The zero-order chi connectivity index (χ0) is 32.6. The molecule has 3 aromatic carbocycles. The summed E-state index contributed by atoms with van der Waals surface area (Å²) in [5.74, 6) is -0.403. The number of carbonyl (C=O) groups excluding carboxylic acids is 2. The van der Waals surface area contributed by atoms with E-state index in [2.05, 4.69) is 5.32 Å². The molecule has 0 saturated carbocycles. The molecule has 3 N–H and O–H groups in total. The summed E-state index contributed by atoms with van der Waals surface area (Å²) in [6.45, 7) is 6.16. The van der Waals surface area contributed by atoms with Crippen molar-refractivity contribution in [2.75, 3.05) is 27.4 Å². The molecule has 0 bridgehead atoms. The lowest BCUT2D eigenvalue weighted by molar-refractivity contribution is -0.136. The molecule has 0 fully saturated rings. The van der Waals surface area contributed by atoms with Gasteiger partial charge in [0.2, 0.25) is 5.91 Å². The van der Waals surface area contributed by atoms with Gasteiger partial charge in [0, 0.05) is 20.6 Å². The average molecular weight is 619 g/mol. The van der Waals surface area contributed by atoms with Gasteiger partial charge in [0.15, 0.2) is 0 Å². The third-order valence-corrected chi connectivity index (χ3v) is 8.01. The number of nitrogens with zero attached hydrogens (tertiary/aromatic N) is 1. The van der Waals surface area contributed by atoms with Crippen molar-refractivity contribution in [3.05, 3.63) is 101 Å². The lowest BCUT2D eigenvalue weighted by Gasteiger charge is -2.34. The van der Waals surface area contributed by atoms with Crippen molar-refractivity contribution in [3.63, 3.8) is 0 Å². The summed E-state index contributed by atoms with van der Waals surface area (Å²) in [5, 5.41) is 25.6. The Hall–Kier alpha value is -3.92. The fourth-order valence-corrected chi connectivity index (χ4v) is 5.84. The van der Waals surface area contributed by atoms with E-state index in [4.69, 9.17) is 14.2 Å². The maximum Gasteiger partial charge on any atom is 0.407 e. The Morgan fingerprint density at radius 3 is 2.31 bits per heavy atom. The number of alkyl carbamates (subject to hydrolysis) is 1. The molecule has 1 aliphatic rings. The van der Waals surface area contributed by atoms with Crippen LogP contribution in [0.15, 0.2) is 78.9 Å². The fourth-order valence-electron chi connectivity index (χ4n) is 5.84. The van der Waals surface area contributed by atoms with Crippen LogP contribution < -0.4 is 10.1 Å². The van der Waals surface area contributed by atoms with E-state index in [0.29, 0.717) is 37.4 Å². The minimum absolute atomic E-state index is 0.0187. The summed E-state index contributed by atoms with van der Waals surface area (Å²) < 4.78 is 16.3. The van der Waals surface area contributed by atoms with Crippen LogP contribution in [0.25, 0.3) is 0 Å². The first-order valence-electron chi connectivity index (χ1n) is 15.4. The molecule has 4 rings (SSSR count). The van der Waals surface area contributed by atoms with E-state index in [1.807, 2.05) is 66.7 Å². The first-order chi connectivity index (χ1) is 21.5. The van der Waals surface area contributed by atoms with Crippen molar-refractivity contribution in [3.8, 4) is 5.75 Å². The molecule has 5 atom stereocenters. The Bertz CT molecular complexity index is 1390. The van der Waals surface area contributed by atoms with Crippen molar-refractivity contribution in [1.82, 2.24) is 10.2 Å². The van der Waals surface area contributed by atoms with Crippen molar-refractivity contribution in [2.24, 2.45) is 0 Å². The molecule has 242 valence electrons. The highest BCUT2D eigenvalue weighted by Crippen LogP contribution is 2.38. The van der Waals surface area contributed by atoms with E-state index < -0.39 is 41.9 Å². The summed E-state index contributed by atoms with van der Waals surface area (Å²) in [6, 6.07) is 23.2. The number of ether oxygens (including phenoxy) is 3. The maximum absolute atomic E-state index is 14.4. The molecule has 0 aliphatic heterocycles. The van der Waals surface area contributed by atoms with E-state index >= 15 is 0 Å². The van der Waals surface area contributed by atoms with Crippen molar-refractivity contribution in [1.29, 1.82) is 0 Å². The van der Waals surface area contributed by atoms with E-state index in [1.54, 1.807) is 52.0 Å². The lowest BCUT2D eigenvalue weighted by atomic mass is 9.87. The lowest BCUT2D eigenvalue weighted by Crippen LogP contribution is -2.48. The predicted molar refractivity (Wildman–Crippen MR) is 172 cm³/mol. The number of rotatable bonds is 13. The number of aliphatic hydroxyl groups excluding tert-OH is 2. The second-order valence-corrected chi connectivity index (χ2v) is 12.6. The Morgan fingerprint density at radius 2 is 1.64 bits per heavy atom. The first kappa shape index (κ1) is 34.0. The first-order valence-corrected chi connectivity index (χ1v) is 15.4. The van der Waals surface area contributed by atoms with Gasteiger partial charge in [-0.05, 0) is 68.0 Å². The van der Waals surface area contributed by atoms with Crippen LogP contribution in [0.2, 0.25) is 0 Å². The normalized spacial score (nSPS) is 17.9. The van der Waals surface area contributed by atoms with Crippen LogP contribution in [0.4, 0.5) is 4.79 Å². The average Bonchev–Trinajstić information content (AvgIpc) is 3.34. The predicted octanol–water partition coefficient (Wildman–Crippen LogP) is 4.80. The third-order valence-electron chi connectivity index (χ3n) is 8.01. The molecule has 0 unspecified atom stereocenters. The van der Waals surface area contributed by atoms with E-state index in [1.165, 1.54) is 0 Å². The molecule has 45 heavy (non-hydrogen) atoms. The molecular formula is C36H46N2O7. The summed E-state index contributed by atoms with van der Waals surface area (Å²) in [7, 11) is 3.30. The smallest absolute Gasteiger partial charge is 0.407 e. The second kappa shape index (κ2) is 15.4.